The van der Waals surface area contributed by atoms with Gasteiger partial charge in [0, 0.05) is 22.9 Å². The Kier molecular flexibility index (Phi) is 9.43. The predicted molar refractivity (Wildman–Crippen MR) is 36.9 cm³/mol. The number of nitrogens with zero attached hydrogens (tertiary/aromatic N) is 1. The summed E-state index contributed by atoms with van der Waals surface area (Å²) in [6.07, 6.45) is 2.43. The maximum Gasteiger partial charge on any atom is 1.00 e. The molecule has 0 N–H and O–H groups in total. The zero-order valence-electron chi connectivity index (χ0n) is 6.27. The van der Waals surface area contributed by atoms with E-state index in [-0.39, 0.29) is 66.6 Å². The number of hydrogen-bond acceptors (Lipinski definition) is 1. The van der Waals surface area contributed by atoms with Crippen LogP contribution in [0.1, 0.15) is 0 Å². The van der Waals surface area contributed by atoms with E-state index in [2.05, 4.69) is 4.98 Å². The molecule has 0 atom stereocenters. The summed E-state index contributed by atoms with van der Waals surface area (Å²) in [7, 11) is -2.54. The average molecular weight is 219 g/mol. The van der Waals surface area contributed by atoms with Crippen molar-refractivity contribution in [3.05, 3.63) is 23.5 Å². The fourth-order valence-electron chi connectivity index (χ4n) is 0.550. The number of pyridine rings is 1. The first kappa shape index (κ1) is 15.4. The van der Waals surface area contributed by atoms with E-state index in [0.717, 1.165) is 6.20 Å². The van der Waals surface area contributed by atoms with E-state index >= 15 is 0 Å². The van der Waals surface area contributed by atoms with Crippen molar-refractivity contribution < 1.29 is 64.7 Å². The van der Waals surface area contributed by atoms with Crippen molar-refractivity contribution in [2.75, 3.05) is 0 Å². The molecule has 0 spiro atoms. The minimum atomic E-state index is -2.54. The molecule has 1 heterocycles. The van der Waals surface area contributed by atoms with Crippen LogP contribution in [0.5, 0.6) is 0 Å². The van der Waals surface area contributed by atoms with Crippen molar-refractivity contribution in [3.63, 3.8) is 0 Å². The Labute approximate surface area is 116 Å². The van der Waals surface area contributed by atoms with Crippen LogP contribution in [-0.2, 0) is 0 Å². The van der Waals surface area contributed by atoms with Crippen LogP contribution in [0.4, 0.5) is 8.63 Å². The van der Waals surface area contributed by atoms with Crippen LogP contribution in [-0.4, -0.2) is 12.3 Å². The van der Waals surface area contributed by atoms with Gasteiger partial charge in [0.15, 0.2) is 0 Å². The number of rotatable bonds is 1. The van der Waals surface area contributed by atoms with E-state index in [1.54, 1.807) is 0 Å². The topological polar surface area (TPSA) is 12.9 Å². The standard InChI is InChI=1S/C5H3BClF2N.FH.K/c7-5-1-2-10-3-4(5)6(8)9;;/h1-3H;1H;/q;;+1/p-1. The van der Waals surface area contributed by atoms with Gasteiger partial charge in [-0.3, -0.25) is 13.6 Å². The quantitative estimate of drug-likeness (QED) is 0.433. The van der Waals surface area contributed by atoms with E-state index < -0.39 is 7.27 Å². The maximum atomic E-state index is 11.9. The largest absolute Gasteiger partial charge is 1.00 e. The number of hydrogen-bond donors (Lipinski definition) is 0. The molecule has 0 aliphatic rings. The van der Waals surface area contributed by atoms with Gasteiger partial charge in [0.05, 0.1) is 0 Å². The third kappa shape index (κ3) is 4.25. The summed E-state index contributed by atoms with van der Waals surface area (Å²) in [4.78, 5) is 3.50. The van der Waals surface area contributed by atoms with Gasteiger partial charge in [0.1, 0.15) is 0 Å². The van der Waals surface area contributed by atoms with Gasteiger partial charge < -0.3 is 4.70 Å². The second kappa shape index (κ2) is 7.35. The molecule has 0 saturated heterocycles. The molecule has 0 aliphatic carbocycles. The fraction of sp³-hybridized carbons (Fsp3) is 0. The molecule has 1 rings (SSSR count). The van der Waals surface area contributed by atoms with Gasteiger partial charge in [-0.2, -0.15) is 0 Å². The number of halogens is 4. The molecule has 0 fully saturated rings. The molecular weight excluding hydrogens is 216 g/mol. The molecule has 0 radical (unpaired) electrons. The van der Waals surface area contributed by atoms with Crippen LogP contribution >= 0.6 is 11.6 Å². The fourth-order valence-corrected chi connectivity index (χ4v) is 0.738. The molecule has 0 bridgehead atoms. The molecule has 12 heavy (non-hydrogen) atoms. The zero-order valence-corrected chi connectivity index (χ0v) is 10.1. The molecule has 60 valence electrons. The normalized spacial score (nSPS) is 7.92. The van der Waals surface area contributed by atoms with Crippen LogP contribution < -0.4 is 61.6 Å². The Morgan fingerprint density at radius 1 is 1.42 bits per heavy atom. The van der Waals surface area contributed by atoms with Gasteiger partial charge in [-0.25, -0.2) is 0 Å². The molecule has 0 amide bonds. The van der Waals surface area contributed by atoms with Crippen LogP contribution in [0.15, 0.2) is 18.5 Å². The van der Waals surface area contributed by atoms with Gasteiger partial charge in [-0.15, -0.1) is 0 Å². The second-order valence-corrected chi connectivity index (χ2v) is 2.11. The van der Waals surface area contributed by atoms with Crippen LogP contribution in [0, 0.1) is 0 Å². The first-order chi connectivity index (χ1) is 4.72. The molecule has 1 aromatic rings. The number of aromatic nitrogens is 1. The average Bonchev–Trinajstić information content (AvgIpc) is 1.88. The Bertz CT molecular complexity index is 238. The minimum absolute atomic E-state index is 0. The van der Waals surface area contributed by atoms with Crippen molar-refractivity contribution >= 4 is 24.3 Å². The summed E-state index contributed by atoms with van der Waals surface area (Å²) < 4.78 is 23.8. The summed E-state index contributed by atoms with van der Waals surface area (Å²) in [5.74, 6) is 0. The first-order valence-corrected chi connectivity index (χ1v) is 2.97. The van der Waals surface area contributed by atoms with Gasteiger partial charge >= 0.3 is 58.7 Å². The van der Waals surface area contributed by atoms with Gasteiger partial charge in [-0.05, 0) is 6.07 Å². The van der Waals surface area contributed by atoms with E-state index in [9.17, 15) is 8.63 Å². The van der Waals surface area contributed by atoms with Gasteiger partial charge in [0.2, 0.25) is 0 Å². The van der Waals surface area contributed by atoms with E-state index in [1.165, 1.54) is 12.3 Å². The van der Waals surface area contributed by atoms with E-state index in [0.29, 0.717) is 0 Å². The Morgan fingerprint density at radius 2 is 2.00 bits per heavy atom. The Balaban J connectivity index is 0. The van der Waals surface area contributed by atoms with E-state index in [1.807, 2.05) is 0 Å². The van der Waals surface area contributed by atoms with Crippen LogP contribution in [0.2, 0.25) is 5.02 Å². The minimum Gasteiger partial charge on any atom is -1.00 e. The molecule has 0 aliphatic heterocycles. The summed E-state index contributed by atoms with van der Waals surface area (Å²) in [6.45, 7) is 0. The monoisotopic (exact) mass is 219 g/mol. The summed E-state index contributed by atoms with van der Waals surface area (Å²) in [5, 5.41) is 0.0602. The Morgan fingerprint density at radius 3 is 2.33 bits per heavy atom. The van der Waals surface area contributed by atoms with Crippen molar-refractivity contribution in [2.24, 2.45) is 0 Å². The van der Waals surface area contributed by atoms with E-state index in [4.69, 9.17) is 11.6 Å². The van der Waals surface area contributed by atoms with Crippen molar-refractivity contribution in [3.8, 4) is 0 Å². The third-order valence-corrected chi connectivity index (χ3v) is 1.38. The first-order valence-electron chi connectivity index (χ1n) is 2.59. The van der Waals surface area contributed by atoms with Crippen molar-refractivity contribution in [1.82, 2.24) is 4.98 Å². The van der Waals surface area contributed by atoms with Crippen LogP contribution in [0.3, 0.4) is 0 Å². The predicted octanol–water partition coefficient (Wildman–Crippen LogP) is -4.62. The molecule has 1 nitrogen and oxygen atoms in total. The molecular formula is C5H3BClF3KN. The van der Waals surface area contributed by atoms with Crippen molar-refractivity contribution in [1.29, 1.82) is 0 Å². The second-order valence-electron chi connectivity index (χ2n) is 1.70. The van der Waals surface area contributed by atoms with Crippen LogP contribution in [0.25, 0.3) is 0 Å². The van der Waals surface area contributed by atoms with Crippen molar-refractivity contribution in [2.45, 2.75) is 0 Å². The van der Waals surface area contributed by atoms with Gasteiger partial charge in [0.25, 0.3) is 0 Å². The third-order valence-electron chi connectivity index (χ3n) is 1.03. The molecule has 0 unspecified atom stereocenters. The molecule has 0 saturated carbocycles. The SMILES string of the molecule is FB(F)c1cnccc1Cl.[F-].[K+]. The smallest absolute Gasteiger partial charge is 1.00 e. The molecule has 7 heteroatoms. The van der Waals surface area contributed by atoms with Gasteiger partial charge in [-0.1, -0.05) is 11.6 Å². The molecule has 0 aromatic carbocycles. The maximum absolute atomic E-state index is 11.9. The Hall–Kier alpha value is 0.931. The zero-order chi connectivity index (χ0) is 7.56. The summed E-state index contributed by atoms with van der Waals surface area (Å²) in [5.41, 5.74) is -0.218. The summed E-state index contributed by atoms with van der Waals surface area (Å²) in [6, 6.07) is 1.34. The molecule has 1 aromatic heterocycles. The summed E-state index contributed by atoms with van der Waals surface area (Å²) >= 11 is 5.40.